The van der Waals surface area contributed by atoms with Crippen molar-refractivity contribution in [2.45, 2.75) is 19.7 Å². The smallest absolute Gasteiger partial charge is 0.325 e. The number of carbonyl (C=O) groups is 1. The summed E-state index contributed by atoms with van der Waals surface area (Å²) < 4.78 is 4.54. The highest BCUT2D eigenvalue weighted by atomic mass is 16.6. The molecule has 0 aromatic carbocycles. The van der Waals surface area contributed by atoms with Crippen LogP contribution in [0, 0.1) is 0 Å². The third-order valence-electron chi connectivity index (χ3n) is 0.735. The first-order valence-corrected chi connectivity index (χ1v) is 2.42. The van der Waals surface area contributed by atoms with Crippen LogP contribution in [0.4, 0.5) is 0 Å². The lowest BCUT2D eigenvalue weighted by atomic mass is 10.5. The molecule has 0 bridgehead atoms. The molecule has 0 aromatic rings. The molecule has 4 nitrogen and oxygen atoms in total. The molecular formula is C4H6N2O2. The second-order valence-corrected chi connectivity index (χ2v) is 1.40. The van der Waals surface area contributed by atoms with Crippen LogP contribution in [-0.2, 0) is 9.53 Å². The van der Waals surface area contributed by atoms with Gasteiger partial charge in [0.05, 0.1) is 0 Å². The first-order chi connectivity index (χ1) is 3.83. The Hall–Kier alpha value is -0.930. The summed E-state index contributed by atoms with van der Waals surface area (Å²) in [5.74, 6) is -0.250. The van der Waals surface area contributed by atoms with Crippen LogP contribution < -0.4 is 0 Å². The minimum Gasteiger partial charge on any atom is -0.416 e. The van der Waals surface area contributed by atoms with Gasteiger partial charge in [-0.3, -0.25) is 4.79 Å². The Balaban J connectivity index is 2.08. The van der Waals surface area contributed by atoms with Crippen LogP contribution in [0.5, 0.6) is 0 Å². The highest BCUT2D eigenvalue weighted by molar-refractivity contribution is 5.69. The van der Waals surface area contributed by atoms with Crippen LogP contribution in [0.3, 0.4) is 0 Å². The van der Waals surface area contributed by atoms with Gasteiger partial charge in [0, 0.05) is 6.42 Å². The number of ether oxygens (including phenoxy) is 1. The van der Waals surface area contributed by atoms with Crippen molar-refractivity contribution in [1.82, 2.24) is 0 Å². The molecule has 0 N–H and O–H groups in total. The van der Waals surface area contributed by atoms with E-state index in [9.17, 15) is 4.79 Å². The fourth-order valence-electron chi connectivity index (χ4n) is 0.275. The first-order valence-electron chi connectivity index (χ1n) is 2.42. The van der Waals surface area contributed by atoms with Gasteiger partial charge < -0.3 is 4.74 Å². The average molecular weight is 114 g/mol. The van der Waals surface area contributed by atoms with Gasteiger partial charge in [0.1, 0.15) is 0 Å². The minimum atomic E-state index is -0.470. The van der Waals surface area contributed by atoms with Gasteiger partial charge in [-0.05, 0) is 0 Å². The topological polar surface area (TPSA) is 51.0 Å². The van der Waals surface area contributed by atoms with Crippen molar-refractivity contribution in [2.24, 2.45) is 10.2 Å². The minimum absolute atomic E-state index is 0.250. The molecule has 1 heterocycles. The maximum atomic E-state index is 10.3. The summed E-state index contributed by atoms with van der Waals surface area (Å²) in [6.45, 7) is 1.73. The lowest BCUT2D eigenvalue weighted by molar-refractivity contribution is -0.145. The van der Waals surface area contributed by atoms with Gasteiger partial charge in [-0.15, -0.1) is 10.2 Å². The van der Waals surface area contributed by atoms with Crippen molar-refractivity contribution in [1.29, 1.82) is 0 Å². The third kappa shape index (κ3) is 1.29. The Labute approximate surface area is 46.6 Å². The van der Waals surface area contributed by atoms with Crippen molar-refractivity contribution in [3.8, 4) is 0 Å². The highest BCUT2D eigenvalue weighted by Gasteiger charge is 2.18. The molecule has 0 saturated heterocycles. The molecule has 0 atom stereocenters. The fourth-order valence-corrected chi connectivity index (χ4v) is 0.275. The zero-order valence-electron chi connectivity index (χ0n) is 4.50. The molecule has 0 spiro atoms. The predicted octanol–water partition coefficient (Wildman–Crippen LogP) is 0.689. The average Bonchev–Trinajstić information content (AvgIpc) is 2.50. The molecule has 0 aromatic heterocycles. The van der Waals surface area contributed by atoms with Gasteiger partial charge in [-0.2, -0.15) is 0 Å². The fraction of sp³-hybridized carbons (Fsp3) is 0.750. The van der Waals surface area contributed by atoms with E-state index in [1.807, 2.05) is 0 Å². The van der Waals surface area contributed by atoms with E-state index < -0.39 is 6.35 Å². The second-order valence-electron chi connectivity index (χ2n) is 1.40. The van der Waals surface area contributed by atoms with Crippen LogP contribution >= 0.6 is 0 Å². The highest BCUT2D eigenvalue weighted by Crippen LogP contribution is 2.11. The van der Waals surface area contributed by atoms with Gasteiger partial charge in [-0.1, -0.05) is 6.92 Å². The molecule has 0 aliphatic carbocycles. The molecule has 1 rings (SSSR count). The Kier molecular flexibility index (Phi) is 1.24. The Morgan fingerprint density at radius 2 is 2.38 bits per heavy atom. The Morgan fingerprint density at radius 3 is 2.75 bits per heavy atom. The van der Waals surface area contributed by atoms with E-state index in [4.69, 9.17) is 0 Å². The third-order valence-corrected chi connectivity index (χ3v) is 0.735. The monoisotopic (exact) mass is 114 g/mol. The van der Waals surface area contributed by atoms with E-state index in [1.54, 1.807) is 6.92 Å². The molecular weight excluding hydrogens is 108 g/mol. The molecule has 0 saturated carbocycles. The number of hydrogen-bond acceptors (Lipinski definition) is 4. The molecule has 0 fully saturated rings. The molecule has 0 amide bonds. The molecule has 0 unspecified atom stereocenters. The van der Waals surface area contributed by atoms with Crippen molar-refractivity contribution in [3.63, 3.8) is 0 Å². The number of carbonyl (C=O) groups excluding carboxylic acids is 1. The lowest BCUT2D eigenvalue weighted by Crippen LogP contribution is -2.04. The molecule has 0 radical (unpaired) electrons. The number of rotatable bonds is 2. The van der Waals surface area contributed by atoms with E-state index in [-0.39, 0.29) is 5.97 Å². The predicted molar refractivity (Wildman–Crippen MR) is 25.0 cm³/mol. The number of esters is 1. The summed E-state index contributed by atoms with van der Waals surface area (Å²) in [5, 5.41) is 6.74. The maximum absolute atomic E-state index is 10.3. The molecule has 44 valence electrons. The molecule has 1 aliphatic rings. The summed E-state index contributed by atoms with van der Waals surface area (Å²) in [6, 6.07) is 0. The first kappa shape index (κ1) is 5.21. The summed E-state index contributed by atoms with van der Waals surface area (Å²) >= 11 is 0. The van der Waals surface area contributed by atoms with E-state index in [1.165, 1.54) is 0 Å². The number of hydrogen-bond donors (Lipinski definition) is 0. The Bertz CT molecular complexity index is 126. The number of nitrogens with zero attached hydrogens (tertiary/aromatic N) is 2. The van der Waals surface area contributed by atoms with Crippen molar-refractivity contribution >= 4 is 5.97 Å². The van der Waals surface area contributed by atoms with E-state index >= 15 is 0 Å². The largest absolute Gasteiger partial charge is 0.416 e. The van der Waals surface area contributed by atoms with Crippen LogP contribution in [0.2, 0.25) is 0 Å². The van der Waals surface area contributed by atoms with Gasteiger partial charge in [0.25, 0.3) is 0 Å². The molecule has 8 heavy (non-hydrogen) atoms. The zero-order chi connectivity index (χ0) is 5.98. The standard InChI is InChI=1S/C4H6N2O2/c1-2-3(7)8-4-5-6-4/h4H,2H2,1H3. The van der Waals surface area contributed by atoms with Crippen LogP contribution in [0.1, 0.15) is 13.3 Å². The summed E-state index contributed by atoms with van der Waals surface area (Å²) in [4.78, 5) is 10.3. The van der Waals surface area contributed by atoms with Gasteiger partial charge in [0.2, 0.25) is 0 Å². The summed E-state index contributed by atoms with van der Waals surface area (Å²) in [6.07, 6.45) is -0.0795. The van der Waals surface area contributed by atoms with Crippen molar-refractivity contribution in [2.75, 3.05) is 0 Å². The van der Waals surface area contributed by atoms with E-state index in [2.05, 4.69) is 15.0 Å². The molecule has 4 heteroatoms. The van der Waals surface area contributed by atoms with Gasteiger partial charge in [-0.25, -0.2) is 0 Å². The van der Waals surface area contributed by atoms with Gasteiger partial charge >= 0.3 is 12.3 Å². The maximum Gasteiger partial charge on any atom is 0.325 e. The van der Waals surface area contributed by atoms with E-state index in [0.29, 0.717) is 6.42 Å². The molecule has 1 aliphatic heterocycles. The zero-order valence-corrected chi connectivity index (χ0v) is 4.50. The second kappa shape index (κ2) is 1.90. The summed E-state index contributed by atoms with van der Waals surface area (Å²) in [5.41, 5.74) is 0. The van der Waals surface area contributed by atoms with Crippen LogP contribution in [0.15, 0.2) is 10.2 Å². The van der Waals surface area contributed by atoms with Crippen molar-refractivity contribution < 1.29 is 9.53 Å². The van der Waals surface area contributed by atoms with Crippen LogP contribution in [-0.4, -0.2) is 12.3 Å². The van der Waals surface area contributed by atoms with E-state index in [0.717, 1.165) is 0 Å². The van der Waals surface area contributed by atoms with Crippen LogP contribution in [0.25, 0.3) is 0 Å². The lowest BCUT2D eigenvalue weighted by Gasteiger charge is -1.92. The Morgan fingerprint density at radius 1 is 1.75 bits per heavy atom. The SMILES string of the molecule is CCC(=O)OC1N=N1. The normalized spacial score (nSPS) is 16.1. The van der Waals surface area contributed by atoms with Gasteiger partial charge in [0.15, 0.2) is 0 Å². The quantitative estimate of drug-likeness (QED) is 0.496. The summed E-state index contributed by atoms with van der Waals surface area (Å²) in [7, 11) is 0. The van der Waals surface area contributed by atoms with Crippen molar-refractivity contribution in [3.05, 3.63) is 0 Å².